The maximum atomic E-state index is 11.2. The number of hydrogen-bond donors (Lipinski definition) is 1. The molecule has 1 N–H and O–H groups in total. The van der Waals surface area contributed by atoms with Crippen molar-refractivity contribution in [2.45, 2.75) is 0 Å². The Morgan fingerprint density at radius 1 is 0.952 bits per heavy atom. The minimum atomic E-state index is -0.959. The van der Waals surface area contributed by atoms with E-state index in [0.717, 1.165) is 16.7 Å². The molecule has 0 atom stereocenters. The zero-order valence-corrected chi connectivity index (χ0v) is 11.1. The van der Waals surface area contributed by atoms with E-state index in [-0.39, 0.29) is 5.56 Å². The van der Waals surface area contributed by atoms with E-state index in [0.29, 0.717) is 5.69 Å². The molecule has 0 fully saturated rings. The Balaban J connectivity index is 2.23. The molecule has 0 aliphatic rings. The smallest absolute Gasteiger partial charge is 0.335 e. The van der Waals surface area contributed by atoms with Crippen molar-refractivity contribution in [1.82, 2.24) is 9.97 Å². The number of aromatic nitrogens is 2. The van der Waals surface area contributed by atoms with Gasteiger partial charge in [0.15, 0.2) is 0 Å². The second kappa shape index (κ2) is 5.54. The van der Waals surface area contributed by atoms with Crippen molar-refractivity contribution in [2.24, 2.45) is 0 Å². The van der Waals surface area contributed by atoms with Crippen LogP contribution in [-0.2, 0) is 0 Å². The summed E-state index contributed by atoms with van der Waals surface area (Å²) in [6, 6.07) is 14.8. The van der Waals surface area contributed by atoms with E-state index in [4.69, 9.17) is 0 Å². The van der Waals surface area contributed by atoms with Gasteiger partial charge in [-0.05, 0) is 23.3 Å². The molecule has 0 aliphatic heterocycles. The van der Waals surface area contributed by atoms with Gasteiger partial charge in [-0.3, -0.25) is 9.97 Å². The summed E-state index contributed by atoms with van der Waals surface area (Å²) in [5.74, 6) is -0.959. The Morgan fingerprint density at radius 2 is 1.76 bits per heavy atom. The highest BCUT2D eigenvalue weighted by Crippen LogP contribution is 2.31. The fraction of sp³-hybridized carbons (Fsp3) is 0. The molecule has 2 aromatic carbocycles. The van der Waals surface area contributed by atoms with Gasteiger partial charge in [-0.25, -0.2) is 4.79 Å². The highest BCUT2D eigenvalue weighted by atomic mass is 16.4. The molecule has 1 heterocycles. The van der Waals surface area contributed by atoms with Gasteiger partial charge in [0.2, 0.25) is 0 Å². The third-order valence-corrected chi connectivity index (χ3v) is 3.19. The molecule has 102 valence electrons. The van der Waals surface area contributed by atoms with Gasteiger partial charge in [0, 0.05) is 18.0 Å². The van der Waals surface area contributed by atoms with Gasteiger partial charge in [-0.1, -0.05) is 36.4 Å². The van der Waals surface area contributed by atoms with Gasteiger partial charge in [-0.15, -0.1) is 0 Å². The Kier molecular flexibility index (Phi) is 3.43. The Labute approximate surface area is 121 Å². The van der Waals surface area contributed by atoms with Crippen LogP contribution in [0.4, 0.5) is 0 Å². The summed E-state index contributed by atoms with van der Waals surface area (Å²) in [5, 5.41) is 9.18. The molecule has 0 unspecified atom stereocenters. The summed E-state index contributed by atoms with van der Waals surface area (Å²) in [5.41, 5.74) is 3.58. The Hall–Kier alpha value is -3.01. The van der Waals surface area contributed by atoms with Gasteiger partial charge in [0.05, 0.1) is 17.5 Å². The number of hydrogen-bond acceptors (Lipinski definition) is 3. The van der Waals surface area contributed by atoms with Gasteiger partial charge in [0.25, 0.3) is 0 Å². The average Bonchev–Trinajstić information content (AvgIpc) is 2.56. The molecule has 0 amide bonds. The predicted molar refractivity (Wildman–Crippen MR) is 79.9 cm³/mol. The average molecular weight is 276 g/mol. The minimum Gasteiger partial charge on any atom is -0.478 e. The third kappa shape index (κ3) is 2.65. The van der Waals surface area contributed by atoms with Crippen molar-refractivity contribution in [1.29, 1.82) is 0 Å². The van der Waals surface area contributed by atoms with Crippen LogP contribution in [0.3, 0.4) is 0 Å². The molecule has 21 heavy (non-hydrogen) atoms. The second-order valence-corrected chi connectivity index (χ2v) is 4.52. The van der Waals surface area contributed by atoms with Gasteiger partial charge >= 0.3 is 5.97 Å². The van der Waals surface area contributed by atoms with Crippen LogP contribution in [-0.4, -0.2) is 21.0 Å². The van der Waals surface area contributed by atoms with Crippen molar-refractivity contribution in [3.05, 3.63) is 72.7 Å². The van der Waals surface area contributed by atoms with Crippen LogP contribution < -0.4 is 0 Å². The molecular weight excluding hydrogens is 264 g/mol. The first-order chi connectivity index (χ1) is 10.3. The fourth-order valence-electron chi connectivity index (χ4n) is 2.20. The highest BCUT2D eigenvalue weighted by Gasteiger charge is 2.12. The van der Waals surface area contributed by atoms with Crippen LogP contribution in [0.2, 0.25) is 0 Å². The van der Waals surface area contributed by atoms with Crippen LogP contribution in [0.15, 0.2) is 67.1 Å². The summed E-state index contributed by atoms with van der Waals surface area (Å²) in [6.07, 6.45) is 4.82. The third-order valence-electron chi connectivity index (χ3n) is 3.19. The summed E-state index contributed by atoms with van der Waals surface area (Å²) in [6.45, 7) is 0. The topological polar surface area (TPSA) is 63.1 Å². The number of aromatic carboxylic acids is 1. The number of carbonyl (C=O) groups is 1. The molecule has 0 bridgehead atoms. The van der Waals surface area contributed by atoms with Crippen molar-refractivity contribution in [2.75, 3.05) is 0 Å². The van der Waals surface area contributed by atoms with Crippen molar-refractivity contribution >= 4 is 5.97 Å². The summed E-state index contributed by atoms with van der Waals surface area (Å²) in [7, 11) is 0. The lowest BCUT2D eigenvalue weighted by molar-refractivity contribution is 0.0697. The number of rotatable bonds is 3. The molecule has 0 radical (unpaired) electrons. The molecule has 3 rings (SSSR count). The number of carboxylic acids is 1. The maximum Gasteiger partial charge on any atom is 0.335 e. The van der Waals surface area contributed by atoms with E-state index >= 15 is 0 Å². The number of nitrogens with zero attached hydrogens (tertiary/aromatic N) is 2. The number of carboxylic acid groups (broad SMARTS) is 1. The number of benzene rings is 2. The van der Waals surface area contributed by atoms with E-state index in [9.17, 15) is 9.90 Å². The predicted octanol–water partition coefficient (Wildman–Crippen LogP) is 3.51. The molecule has 4 nitrogen and oxygen atoms in total. The largest absolute Gasteiger partial charge is 0.478 e. The molecule has 4 heteroatoms. The molecule has 0 saturated carbocycles. The van der Waals surface area contributed by atoms with E-state index in [2.05, 4.69) is 9.97 Å². The van der Waals surface area contributed by atoms with E-state index in [1.165, 1.54) is 0 Å². The van der Waals surface area contributed by atoms with E-state index < -0.39 is 5.97 Å². The summed E-state index contributed by atoms with van der Waals surface area (Å²) in [4.78, 5) is 19.5. The highest BCUT2D eigenvalue weighted by molar-refractivity contribution is 5.92. The summed E-state index contributed by atoms with van der Waals surface area (Å²) < 4.78 is 0. The first-order valence-corrected chi connectivity index (χ1v) is 6.45. The van der Waals surface area contributed by atoms with Crippen molar-refractivity contribution < 1.29 is 9.90 Å². The quantitative estimate of drug-likeness (QED) is 0.795. The van der Waals surface area contributed by atoms with E-state index in [1.807, 2.05) is 36.4 Å². The van der Waals surface area contributed by atoms with Crippen LogP contribution >= 0.6 is 0 Å². The SMILES string of the molecule is O=C(O)c1ccc(-c2ccccc2)c(-c2cnccn2)c1. The first kappa shape index (κ1) is 13.0. The normalized spacial score (nSPS) is 10.3. The molecule has 0 saturated heterocycles. The zero-order valence-electron chi connectivity index (χ0n) is 11.1. The van der Waals surface area contributed by atoms with Crippen LogP contribution in [0.5, 0.6) is 0 Å². The van der Waals surface area contributed by atoms with Crippen LogP contribution in [0, 0.1) is 0 Å². The fourth-order valence-corrected chi connectivity index (χ4v) is 2.20. The first-order valence-electron chi connectivity index (χ1n) is 6.45. The van der Waals surface area contributed by atoms with Gasteiger partial charge in [0.1, 0.15) is 0 Å². The molecule has 3 aromatic rings. The lowest BCUT2D eigenvalue weighted by atomic mass is 9.96. The van der Waals surface area contributed by atoms with Crippen molar-refractivity contribution in [3.63, 3.8) is 0 Å². The van der Waals surface area contributed by atoms with Gasteiger partial charge in [-0.2, -0.15) is 0 Å². The maximum absolute atomic E-state index is 11.2. The van der Waals surface area contributed by atoms with E-state index in [1.54, 1.807) is 30.7 Å². The zero-order chi connectivity index (χ0) is 14.7. The Bertz CT molecular complexity index is 771. The molecule has 0 spiro atoms. The molecule has 1 aromatic heterocycles. The minimum absolute atomic E-state index is 0.232. The Morgan fingerprint density at radius 3 is 2.43 bits per heavy atom. The van der Waals surface area contributed by atoms with Crippen LogP contribution in [0.25, 0.3) is 22.4 Å². The molecule has 0 aliphatic carbocycles. The van der Waals surface area contributed by atoms with Gasteiger partial charge < -0.3 is 5.11 Å². The lowest BCUT2D eigenvalue weighted by Gasteiger charge is -2.10. The standard InChI is InChI=1S/C17H12N2O2/c20-17(21)13-6-7-14(12-4-2-1-3-5-12)15(10-13)16-11-18-8-9-19-16/h1-11H,(H,20,21). The molecular formula is C17H12N2O2. The lowest BCUT2D eigenvalue weighted by Crippen LogP contribution is -1.98. The summed E-state index contributed by atoms with van der Waals surface area (Å²) >= 11 is 0. The van der Waals surface area contributed by atoms with Crippen molar-refractivity contribution in [3.8, 4) is 22.4 Å². The second-order valence-electron chi connectivity index (χ2n) is 4.52. The monoisotopic (exact) mass is 276 g/mol. The van der Waals surface area contributed by atoms with Crippen LogP contribution in [0.1, 0.15) is 10.4 Å².